The Labute approximate surface area is 191 Å². The van der Waals surface area contributed by atoms with E-state index in [1.54, 1.807) is 24.3 Å². The first-order valence-electron chi connectivity index (χ1n) is 10.1. The van der Waals surface area contributed by atoms with Gasteiger partial charge in [0.15, 0.2) is 11.8 Å². The summed E-state index contributed by atoms with van der Waals surface area (Å²) in [5.74, 6) is -2.26. The Kier molecular flexibility index (Phi) is 9.52. The number of hydrogen-bond donors (Lipinski definition) is 4. The van der Waals surface area contributed by atoms with Crippen LogP contribution in [0.15, 0.2) is 48.5 Å². The SMILES string of the molecule is CN(C)C(=O)CNC(=O)C(NC(=O)c1ccc(-c2ccc(OCCO)cc2)cc1)C(=O)CO. The third kappa shape index (κ3) is 7.41. The quantitative estimate of drug-likeness (QED) is 0.336. The van der Waals surface area contributed by atoms with E-state index < -0.39 is 36.2 Å². The lowest BCUT2D eigenvalue weighted by molar-refractivity contribution is -0.135. The lowest BCUT2D eigenvalue weighted by Gasteiger charge is -2.17. The van der Waals surface area contributed by atoms with Crippen molar-refractivity contribution >= 4 is 23.5 Å². The predicted molar refractivity (Wildman–Crippen MR) is 120 cm³/mol. The predicted octanol–water partition coefficient (Wildman–Crippen LogP) is -0.411. The molecule has 3 amide bonds. The Bertz CT molecular complexity index is 973. The minimum Gasteiger partial charge on any atom is -0.491 e. The van der Waals surface area contributed by atoms with Gasteiger partial charge in [0.05, 0.1) is 13.2 Å². The summed E-state index contributed by atoms with van der Waals surface area (Å²) in [6, 6.07) is 12.0. The maximum atomic E-state index is 12.6. The number of aliphatic hydroxyl groups is 2. The smallest absolute Gasteiger partial charge is 0.252 e. The van der Waals surface area contributed by atoms with E-state index in [0.29, 0.717) is 5.75 Å². The van der Waals surface area contributed by atoms with E-state index >= 15 is 0 Å². The summed E-state index contributed by atoms with van der Waals surface area (Å²) in [6.07, 6.45) is 0. The zero-order chi connectivity index (χ0) is 24.4. The van der Waals surface area contributed by atoms with E-state index in [2.05, 4.69) is 10.6 Å². The molecule has 2 aromatic rings. The van der Waals surface area contributed by atoms with Crippen LogP contribution in [0, 0.1) is 0 Å². The molecule has 10 heteroatoms. The van der Waals surface area contributed by atoms with Crippen molar-refractivity contribution in [3.05, 3.63) is 54.1 Å². The molecule has 1 unspecified atom stereocenters. The molecule has 0 aliphatic heterocycles. The van der Waals surface area contributed by atoms with Crippen LogP contribution in [0.1, 0.15) is 10.4 Å². The van der Waals surface area contributed by atoms with Gasteiger partial charge < -0.3 is 30.5 Å². The van der Waals surface area contributed by atoms with Crippen molar-refractivity contribution in [2.75, 3.05) is 40.5 Å². The summed E-state index contributed by atoms with van der Waals surface area (Å²) in [7, 11) is 3.02. The fourth-order valence-electron chi connectivity index (χ4n) is 2.74. The van der Waals surface area contributed by atoms with Crippen molar-refractivity contribution in [3.8, 4) is 16.9 Å². The number of ether oxygens (including phenoxy) is 1. The van der Waals surface area contributed by atoms with Gasteiger partial charge in [-0.2, -0.15) is 0 Å². The maximum Gasteiger partial charge on any atom is 0.252 e. The highest BCUT2D eigenvalue weighted by Crippen LogP contribution is 2.23. The number of nitrogens with one attached hydrogen (secondary N) is 2. The Morgan fingerprint density at radius 1 is 0.939 bits per heavy atom. The minimum absolute atomic E-state index is 0.0775. The Hall–Kier alpha value is -3.76. The molecule has 10 nitrogen and oxygen atoms in total. The highest BCUT2D eigenvalue weighted by atomic mass is 16.5. The van der Waals surface area contributed by atoms with Gasteiger partial charge in [0, 0.05) is 19.7 Å². The van der Waals surface area contributed by atoms with Gasteiger partial charge >= 0.3 is 0 Å². The Morgan fingerprint density at radius 2 is 1.52 bits per heavy atom. The number of ketones is 1. The lowest BCUT2D eigenvalue weighted by Crippen LogP contribution is -2.53. The van der Waals surface area contributed by atoms with Crippen molar-refractivity contribution in [1.82, 2.24) is 15.5 Å². The molecule has 33 heavy (non-hydrogen) atoms. The monoisotopic (exact) mass is 457 g/mol. The third-order valence-corrected chi connectivity index (χ3v) is 4.62. The third-order valence-electron chi connectivity index (χ3n) is 4.62. The zero-order valence-corrected chi connectivity index (χ0v) is 18.4. The molecule has 0 spiro atoms. The van der Waals surface area contributed by atoms with Gasteiger partial charge in [0.25, 0.3) is 11.8 Å². The van der Waals surface area contributed by atoms with Crippen LogP contribution >= 0.6 is 0 Å². The molecule has 0 radical (unpaired) electrons. The molecule has 1 atom stereocenters. The molecular weight excluding hydrogens is 430 g/mol. The van der Waals surface area contributed by atoms with E-state index in [1.165, 1.54) is 31.1 Å². The van der Waals surface area contributed by atoms with Gasteiger partial charge in [0.2, 0.25) is 5.91 Å². The molecule has 0 aliphatic rings. The average molecular weight is 457 g/mol. The van der Waals surface area contributed by atoms with Gasteiger partial charge in [-0.25, -0.2) is 0 Å². The van der Waals surface area contributed by atoms with E-state index in [-0.39, 0.29) is 25.3 Å². The second-order valence-electron chi connectivity index (χ2n) is 7.21. The van der Waals surface area contributed by atoms with Crippen LogP contribution in [0.25, 0.3) is 11.1 Å². The largest absolute Gasteiger partial charge is 0.491 e. The van der Waals surface area contributed by atoms with Crippen molar-refractivity contribution in [2.45, 2.75) is 6.04 Å². The summed E-state index contributed by atoms with van der Waals surface area (Å²) >= 11 is 0. The number of likely N-dealkylation sites (N-methyl/N-ethyl adjacent to an activating group) is 1. The normalized spacial score (nSPS) is 11.3. The molecular formula is C23H27N3O7. The van der Waals surface area contributed by atoms with Gasteiger partial charge in [-0.15, -0.1) is 0 Å². The molecule has 0 aliphatic carbocycles. The van der Waals surface area contributed by atoms with Crippen molar-refractivity contribution in [1.29, 1.82) is 0 Å². The first-order valence-corrected chi connectivity index (χ1v) is 10.1. The Morgan fingerprint density at radius 3 is 2.03 bits per heavy atom. The van der Waals surface area contributed by atoms with Gasteiger partial charge in [-0.1, -0.05) is 24.3 Å². The lowest BCUT2D eigenvalue weighted by atomic mass is 10.0. The number of carbonyl (C=O) groups is 4. The number of rotatable bonds is 11. The first-order chi connectivity index (χ1) is 15.8. The molecule has 4 N–H and O–H groups in total. The summed E-state index contributed by atoms with van der Waals surface area (Å²) in [4.78, 5) is 49.8. The van der Waals surface area contributed by atoms with Crippen LogP contribution in [0.5, 0.6) is 5.75 Å². The van der Waals surface area contributed by atoms with Crippen molar-refractivity contribution in [3.63, 3.8) is 0 Å². The number of hydrogen-bond acceptors (Lipinski definition) is 7. The summed E-state index contributed by atoms with van der Waals surface area (Å²) in [5.41, 5.74) is 1.90. The molecule has 0 fully saturated rings. The van der Waals surface area contributed by atoms with Crippen molar-refractivity contribution < 1.29 is 34.1 Å². The summed E-state index contributed by atoms with van der Waals surface area (Å²) < 4.78 is 5.32. The Balaban J connectivity index is 2.06. The zero-order valence-electron chi connectivity index (χ0n) is 18.4. The molecule has 176 valence electrons. The molecule has 2 aromatic carbocycles. The molecule has 0 heterocycles. The number of nitrogens with zero attached hydrogens (tertiary/aromatic N) is 1. The van der Waals surface area contributed by atoms with Crippen LogP contribution in [0.3, 0.4) is 0 Å². The fourth-order valence-corrected chi connectivity index (χ4v) is 2.74. The highest BCUT2D eigenvalue weighted by Gasteiger charge is 2.28. The first kappa shape index (κ1) is 25.5. The molecule has 0 saturated heterocycles. The van der Waals surface area contributed by atoms with Gasteiger partial charge in [-0.3, -0.25) is 19.2 Å². The molecule has 0 saturated carbocycles. The van der Waals surface area contributed by atoms with Crippen LogP contribution in [-0.4, -0.2) is 85.1 Å². The van der Waals surface area contributed by atoms with Gasteiger partial charge in [0.1, 0.15) is 19.0 Å². The van der Waals surface area contributed by atoms with E-state index in [0.717, 1.165) is 11.1 Å². The number of Topliss-reactive ketones (excluding diaryl/α,β-unsaturated/α-hetero) is 1. The van der Waals surface area contributed by atoms with E-state index in [1.807, 2.05) is 12.1 Å². The number of benzene rings is 2. The fraction of sp³-hybridized carbons (Fsp3) is 0.304. The minimum atomic E-state index is -1.64. The van der Waals surface area contributed by atoms with Crippen LogP contribution < -0.4 is 15.4 Å². The van der Waals surface area contributed by atoms with E-state index in [9.17, 15) is 19.2 Å². The molecule has 2 rings (SSSR count). The van der Waals surface area contributed by atoms with Crippen molar-refractivity contribution in [2.24, 2.45) is 0 Å². The number of carbonyl (C=O) groups excluding carboxylic acids is 4. The van der Waals surface area contributed by atoms with Crippen LogP contribution in [0.4, 0.5) is 0 Å². The second-order valence-corrected chi connectivity index (χ2v) is 7.21. The topological polar surface area (TPSA) is 145 Å². The van der Waals surface area contributed by atoms with Crippen LogP contribution in [0.2, 0.25) is 0 Å². The van der Waals surface area contributed by atoms with Crippen LogP contribution in [-0.2, 0) is 14.4 Å². The average Bonchev–Trinajstić information content (AvgIpc) is 2.84. The maximum absolute atomic E-state index is 12.6. The summed E-state index contributed by atoms with van der Waals surface area (Å²) in [5, 5.41) is 22.5. The molecule has 0 aromatic heterocycles. The summed E-state index contributed by atoms with van der Waals surface area (Å²) in [6.45, 7) is -1.18. The standard InChI is InChI=1S/C23H27N3O7/c1-26(2)20(30)13-24-23(32)21(19(29)14-28)25-22(31)17-5-3-15(4-6-17)16-7-9-18(10-8-16)33-12-11-27/h3-10,21,27-28H,11-14H2,1-2H3,(H,24,32)(H,25,31). The number of aliphatic hydroxyl groups excluding tert-OH is 2. The van der Waals surface area contributed by atoms with E-state index in [4.69, 9.17) is 14.9 Å². The highest BCUT2D eigenvalue weighted by molar-refractivity contribution is 6.10. The number of amides is 3. The second kappa shape index (κ2) is 12.3. The van der Waals surface area contributed by atoms with Gasteiger partial charge in [-0.05, 0) is 35.4 Å². The molecule has 0 bridgehead atoms.